The molecule has 2 nitrogen and oxygen atoms in total. The van der Waals surface area contributed by atoms with E-state index in [9.17, 15) is 4.91 Å². The summed E-state index contributed by atoms with van der Waals surface area (Å²) in [5, 5.41) is 3.18. The van der Waals surface area contributed by atoms with Crippen LogP contribution < -0.4 is 0 Å². The van der Waals surface area contributed by atoms with Crippen molar-refractivity contribution < 1.29 is 0 Å². The fourth-order valence-corrected chi connectivity index (χ4v) is 2.12. The van der Waals surface area contributed by atoms with Crippen molar-refractivity contribution in [2.45, 2.75) is 32.2 Å². The van der Waals surface area contributed by atoms with E-state index in [1.165, 1.54) is 11.1 Å². The van der Waals surface area contributed by atoms with E-state index in [1.54, 1.807) is 0 Å². The molecule has 1 aliphatic carbocycles. The second-order valence-corrected chi connectivity index (χ2v) is 3.66. The lowest BCUT2D eigenvalue weighted by Gasteiger charge is -2.21. The van der Waals surface area contributed by atoms with Gasteiger partial charge in [-0.2, -0.15) is 4.91 Å². The zero-order chi connectivity index (χ0) is 9.26. The van der Waals surface area contributed by atoms with Gasteiger partial charge in [-0.25, -0.2) is 0 Å². The van der Waals surface area contributed by atoms with Gasteiger partial charge in [0.05, 0.1) is 0 Å². The van der Waals surface area contributed by atoms with Gasteiger partial charge in [0.1, 0.15) is 6.04 Å². The molecule has 0 spiro atoms. The average Bonchev–Trinajstić information content (AvgIpc) is 2.18. The Labute approximate surface area is 77.9 Å². The maximum Gasteiger partial charge on any atom is 0.117 e. The Hall–Kier alpha value is -1.18. The first kappa shape index (κ1) is 8.42. The molecule has 1 aromatic rings. The summed E-state index contributed by atoms with van der Waals surface area (Å²) in [6.45, 7) is 2.10. The predicted octanol–water partition coefficient (Wildman–Crippen LogP) is 3.14. The van der Waals surface area contributed by atoms with Gasteiger partial charge in [0.15, 0.2) is 0 Å². The summed E-state index contributed by atoms with van der Waals surface area (Å²) < 4.78 is 0. The van der Waals surface area contributed by atoms with Crippen LogP contribution in [0.15, 0.2) is 23.4 Å². The Morgan fingerprint density at radius 2 is 2.31 bits per heavy atom. The van der Waals surface area contributed by atoms with Gasteiger partial charge in [0, 0.05) is 0 Å². The average molecular weight is 175 g/mol. The highest BCUT2D eigenvalue weighted by molar-refractivity contribution is 5.38. The van der Waals surface area contributed by atoms with Gasteiger partial charge < -0.3 is 0 Å². The first-order valence-corrected chi connectivity index (χ1v) is 4.74. The maximum atomic E-state index is 10.6. The molecule has 2 rings (SSSR count). The molecule has 2 heteroatoms. The fraction of sp³-hybridized carbons (Fsp3) is 0.455. The van der Waals surface area contributed by atoms with Crippen LogP contribution in [0.3, 0.4) is 0 Å². The molecule has 0 saturated carbocycles. The van der Waals surface area contributed by atoms with Crippen LogP contribution in [-0.4, -0.2) is 0 Å². The molecule has 68 valence electrons. The Balaban J connectivity index is 2.51. The van der Waals surface area contributed by atoms with Crippen LogP contribution in [0.2, 0.25) is 0 Å². The highest BCUT2D eigenvalue weighted by Gasteiger charge is 2.21. The molecule has 1 aromatic carbocycles. The SMILES string of the molecule is Cc1cccc2c1CCCC2N=O. The predicted molar refractivity (Wildman–Crippen MR) is 52.7 cm³/mol. The van der Waals surface area contributed by atoms with Crippen LogP contribution in [0, 0.1) is 11.8 Å². The van der Waals surface area contributed by atoms with Crippen molar-refractivity contribution in [2.24, 2.45) is 5.18 Å². The van der Waals surface area contributed by atoms with Crippen LogP contribution in [0.4, 0.5) is 0 Å². The standard InChI is InChI=1S/C11H13NO/c1-8-4-2-6-10-9(8)5-3-7-11(10)12-13/h2,4,6,11H,3,5,7H2,1H3. The molecule has 0 fully saturated rings. The lowest BCUT2D eigenvalue weighted by molar-refractivity contribution is 0.567. The number of aryl methyl sites for hydroxylation is 1. The Kier molecular flexibility index (Phi) is 2.13. The molecule has 0 aliphatic heterocycles. The number of hydrogen-bond acceptors (Lipinski definition) is 2. The van der Waals surface area contributed by atoms with E-state index in [0.29, 0.717) is 0 Å². The van der Waals surface area contributed by atoms with Crippen molar-refractivity contribution in [1.82, 2.24) is 0 Å². The second kappa shape index (κ2) is 3.29. The normalized spacial score (nSPS) is 20.8. The van der Waals surface area contributed by atoms with Crippen LogP contribution >= 0.6 is 0 Å². The molecule has 0 bridgehead atoms. The van der Waals surface area contributed by atoms with Crippen LogP contribution in [0.1, 0.15) is 35.6 Å². The summed E-state index contributed by atoms with van der Waals surface area (Å²) in [4.78, 5) is 10.6. The molecular weight excluding hydrogens is 162 g/mol. The van der Waals surface area contributed by atoms with Gasteiger partial charge in [0.25, 0.3) is 0 Å². The van der Waals surface area contributed by atoms with Gasteiger partial charge in [-0.3, -0.25) is 0 Å². The summed E-state index contributed by atoms with van der Waals surface area (Å²) in [7, 11) is 0. The molecule has 1 unspecified atom stereocenters. The minimum atomic E-state index is -0.0938. The maximum absolute atomic E-state index is 10.6. The summed E-state index contributed by atoms with van der Waals surface area (Å²) in [5.74, 6) is 0. The van der Waals surface area contributed by atoms with Gasteiger partial charge in [-0.15, -0.1) is 0 Å². The Bertz CT molecular complexity index is 333. The van der Waals surface area contributed by atoms with Crippen molar-refractivity contribution in [3.63, 3.8) is 0 Å². The molecular formula is C11H13NO. The van der Waals surface area contributed by atoms with E-state index in [0.717, 1.165) is 24.8 Å². The van der Waals surface area contributed by atoms with Crippen molar-refractivity contribution in [3.05, 3.63) is 39.8 Å². The Morgan fingerprint density at radius 1 is 1.46 bits per heavy atom. The second-order valence-electron chi connectivity index (χ2n) is 3.66. The van der Waals surface area contributed by atoms with Crippen molar-refractivity contribution in [1.29, 1.82) is 0 Å². The van der Waals surface area contributed by atoms with Crippen LogP contribution in [-0.2, 0) is 6.42 Å². The number of fused-ring (bicyclic) bond motifs is 1. The van der Waals surface area contributed by atoms with E-state index in [-0.39, 0.29) is 6.04 Å². The van der Waals surface area contributed by atoms with Crippen molar-refractivity contribution >= 4 is 0 Å². The summed E-state index contributed by atoms with van der Waals surface area (Å²) in [6.07, 6.45) is 3.11. The molecule has 0 amide bonds. The third-order valence-electron chi connectivity index (χ3n) is 2.84. The monoisotopic (exact) mass is 175 g/mol. The summed E-state index contributed by atoms with van der Waals surface area (Å²) in [5.41, 5.74) is 3.80. The lowest BCUT2D eigenvalue weighted by atomic mass is 9.86. The van der Waals surface area contributed by atoms with E-state index in [2.05, 4.69) is 18.2 Å². The molecule has 1 aliphatic rings. The topological polar surface area (TPSA) is 29.4 Å². The van der Waals surface area contributed by atoms with E-state index in [1.807, 2.05) is 12.1 Å². The molecule has 0 radical (unpaired) electrons. The number of rotatable bonds is 1. The fourth-order valence-electron chi connectivity index (χ4n) is 2.12. The van der Waals surface area contributed by atoms with Gasteiger partial charge >= 0.3 is 0 Å². The molecule has 13 heavy (non-hydrogen) atoms. The van der Waals surface area contributed by atoms with Crippen LogP contribution in [0.25, 0.3) is 0 Å². The number of hydrogen-bond donors (Lipinski definition) is 0. The number of benzene rings is 1. The van der Waals surface area contributed by atoms with E-state index in [4.69, 9.17) is 0 Å². The molecule has 0 N–H and O–H groups in total. The highest BCUT2D eigenvalue weighted by atomic mass is 16.3. The number of nitroso groups, excluding NO2 is 1. The number of nitrogens with zero attached hydrogens (tertiary/aromatic N) is 1. The minimum Gasteiger partial charge on any atom is -0.150 e. The van der Waals surface area contributed by atoms with Gasteiger partial charge in [0.2, 0.25) is 0 Å². The first-order chi connectivity index (χ1) is 6.33. The highest BCUT2D eigenvalue weighted by Crippen LogP contribution is 2.33. The summed E-state index contributed by atoms with van der Waals surface area (Å²) in [6, 6.07) is 6.06. The zero-order valence-corrected chi connectivity index (χ0v) is 7.79. The molecule has 1 atom stereocenters. The third-order valence-corrected chi connectivity index (χ3v) is 2.84. The minimum absolute atomic E-state index is 0.0938. The van der Waals surface area contributed by atoms with Gasteiger partial charge in [-0.1, -0.05) is 23.4 Å². The van der Waals surface area contributed by atoms with Gasteiger partial charge in [-0.05, 0) is 42.9 Å². The summed E-state index contributed by atoms with van der Waals surface area (Å²) >= 11 is 0. The largest absolute Gasteiger partial charge is 0.150 e. The van der Waals surface area contributed by atoms with E-state index < -0.39 is 0 Å². The third kappa shape index (κ3) is 1.37. The Morgan fingerprint density at radius 3 is 3.08 bits per heavy atom. The first-order valence-electron chi connectivity index (χ1n) is 4.74. The molecule has 0 heterocycles. The lowest BCUT2D eigenvalue weighted by Crippen LogP contribution is -2.08. The smallest absolute Gasteiger partial charge is 0.117 e. The zero-order valence-electron chi connectivity index (χ0n) is 7.79. The van der Waals surface area contributed by atoms with Crippen molar-refractivity contribution in [3.8, 4) is 0 Å². The van der Waals surface area contributed by atoms with E-state index >= 15 is 0 Å². The molecule has 0 saturated heterocycles. The molecule has 0 aromatic heterocycles. The van der Waals surface area contributed by atoms with Crippen molar-refractivity contribution in [2.75, 3.05) is 0 Å². The van der Waals surface area contributed by atoms with Crippen LogP contribution in [0.5, 0.6) is 0 Å². The quantitative estimate of drug-likeness (QED) is 0.603.